The van der Waals surface area contributed by atoms with Gasteiger partial charge in [-0.2, -0.15) is 0 Å². The van der Waals surface area contributed by atoms with Gasteiger partial charge >= 0.3 is 0 Å². The minimum Gasteiger partial charge on any atom is -0.497 e. The fourth-order valence-corrected chi connectivity index (χ4v) is 3.96. The molecule has 0 saturated carbocycles. The molecule has 0 heterocycles. The molecule has 2 rings (SSSR count). The van der Waals surface area contributed by atoms with Gasteiger partial charge in [0.2, 0.25) is 5.91 Å². The molecule has 1 amide bonds. The Morgan fingerprint density at radius 2 is 1.71 bits per heavy atom. The highest BCUT2D eigenvalue weighted by Crippen LogP contribution is 2.25. The van der Waals surface area contributed by atoms with E-state index in [-0.39, 0.29) is 23.2 Å². The number of methoxy groups -OCH3 is 2. The fraction of sp³-hybridized carbons (Fsp3) is 0.316. The van der Waals surface area contributed by atoms with Crippen LogP contribution in [0.3, 0.4) is 0 Å². The van der Waals surface area contributed by atoms with Crippen LogP contribution in [-0.4, -0.2) is 47.7 Å². The van der Waals surface area contributed by atoms with E-state index in [9.17, 15) is 17.6 Å². The Bertz CT molecular complexity index is 886. The summed E-state index contributed by atoms with van der Waals surface area (Å²) in [6.45, 7) is 1.56. The third-order valence-electron chi connectivity index (χ3n) is 3.87. The summed E-state index contributed by atoms with van der Waals surface area (Å²) in [4.78, 5) is 12.4. The number of nitrogens with one attached hydrogen (secondary N) is 1. The summed E-state index contributed by atoms with van der Waals surface area (Å²) in [6, 6.07) is 10.4. The molecule has 0 unspecified atom stereocenters. The van der Waals surface area contributed by atoms with Crippen molar-refractivity contribution in [1.29, 1.82) is 0 Å². The molecule has 0 aliphatic rings. The highest BCUT2D eigenvalue weighted by molar-refractivity contribution is 7.92. The normalized spacial score (nSPS) is 12.3. The fourth-order valence-electron chi connectivity index (χ4n) is 2.54. The van der Waals surface area contributed by atoms with E-state index in [4.69, 9.17) is 9.47 Å². The third-order valence-corrected chi connectivity index (χ3v) is 5.66. The highest BCUT2D eigenvalue weighted by atomic mass is 32.2. The van der Waals surface area contributed by atoms with Gasteiger partial charge in [-0.25, -0.2) is 12.8 Å². The number of benzene rings is 2. The molecule has 9 heteroatoms. The Balaban J connectivity index is 2.36. The van der Waals surface area contributed by atoms with E-state index in [2.05, 4.69) is 5.32 Å². The predicted molar refractivity (Wildman–Crippen MR) is 103 cm³/mol. The van der Waals surface area contributed by atoms with Gasteiger partial charge in [0.1, 0.15) is 18.1 Å². The average Bonchev–Trinajstić information content (AvgIpc) is 2.67. The zero-order chi connectivity index (χ0) is 20.7. The van der Waals surface area contributed by atoms with Crippen LogP contribution in [0, 0.1) is 5.82 Å². The molecule has 2 aromatic rings. The monoisotopic (exact) mass is 410 g/mol. The van der Waals surface area contributed by atoms with Crippen molar-refractivity contribution in [2.75, 3.05) is 31.7 Å². The van der Waals surface area contributed by atoms with E-state index in [0.717, 1.165) is 16.4 Å². The largest absolute Gasteiger partial charge is 0.497 e. The van der Waals surface area contributed by atoms with Crippen molar-refractivity contribution in [3.05, 3.63) is 54.3 Å². The maximum Gasteiger partial charge on any atom is 0.264 e. The molecule has 152 valence electrons. The molecular formula is C19H23FN2O5S. The third kappa shape index (κ3) is 5.43. The molecule has 1 atom stereocenters. The number of carbonyl (C=O) groups is 1. The van der Waals surface area contributed by atoms with Gasteiger partial charge in [-0.1, -0.05) is 0 Å². The number of halogens is 1. The van der Waals surface area contributed by atoms with Crippen LogP contribution in [0.25, 0.3) is 0 Å². The summed E-state index contributed by atoms with van der Waals surface area (Å²) < 4.78 is 50.5. The molecule has 0 spiro atoms. The van der Waals surface area contributed by atoms with Gasteiger partial charge in [-0.05, 0) is 55.5 Å². The lowest BCUT2D eigenvalue weighted by Crippen LogP contribution is -2.44. The summed E-state index contributed by atoms with van der Waals surface area (Å²) in [5.74, 6) is -0.520. The molecule has 0 saturated heterocycles. The Labute approximate surface area is 164 Å². The van der Waals surface area contributed by atoms with E-state index in [0.29, 0.717) is 5.75 Å². The maximum atomic E-state index is 13.3. The maximum absolute atomic E-state index is 13.3. The van der Waals surface area contributed by atoms with Crippen LogP contribution >= 0.6 is 0 Å². The molecule has 0 aromatic heterocycles. The van der Waals surface area contributed by atoms with Gasteiger partial charge in [-0.15, -0.1) is 0 Å². The van der Waals surface area contributed by atoms with Crippen LogP contribution in [0.4, 0.5) is 10.1 Å². The molecule has 1 N–H and O–H groups in total. The van der Waals surface area contributed by atoms with Crippen LogP contribution in [0.15, 0.2) is 53.4 Å². The van der Waals surface area contributed by atoms with Crippen molar-refractivity contribution < 1.29 is 27.1 Å². The van der Waals surface area contributed by atoms with E-state index < -0.39 is 28.3 Å². The minimum atomic E-state index is -4.07. The molecule has 0 aliphatic carbocycles. The Morgan fingerprint density at radius 3 is 2.25 bits per heavy atom. The molecule has 0 radical (unpaired) electrons. The molecule has 28 heavy (non-hydrogen) atoms. The second kappa shape index (κ2) is 9.52. The van der Waals surface area contributed by atoms with Crippen molar-refractivity contribution in [3.63, 3.8) is 0 Å². The number of rotatable bonds is 9. The molecule has 0 aliphatic heterocycles. The number of sulfonamides is 1. The summed E-state index contributed by atoms with van der Waals surface area (Å²) in [5.41, 5.74) is 0.173. The van der Waals surface area contributed by atoms with E-state index >= 15 is 0 Å². The van der Waals surface area contributed by atoms with Crippen molar-refractivity contribution >= 4 is 21.6 Å². The number of hydrogen-bond donors (Lipinski definition) is 1. The number of amides is 1. The highest BCUT2D eigenvalue weighted by Gasteiger charge is 2.27. The number of nitrogens with zero attached hydrogens (tertiary/aromatic N) is 1. The topological polar surface area (TPSA) is 84.9 Å². The minimum absolute atomic E-state index is 0.0182. The molecular weight excluding hydrogens is 387 g/mol. The first-order valence-electron chi connectivity index (χ1n) is 8.48. The molecule has 0 fully saturated rings. The number of carbonyl (C=O) groups excluding carboxylic acids is 1. The first-order valence-corrected chi connectivity index (χ1v) is 9.92. The summed E-state index contributed by atoms with van der Waals surface area (Å²) in [5, 5.41) is 2.67. The summed E-state index contributed by atoms with van der Waals surface area (Å²) in [6.07, 6.45) is 0. The van der Waals surface area contributed by atoms with Gasteiger partial charge < -0.3 is 14.8 Å². The van der Waals surface area contributed by atoms with Gasteiger partial charge in [0.25, 0.3) is 10.0 Å². The number of hydrogen-bond acceptors (Lipinski definition) is 5. The zero-order valence-corrected chi connectivity index (χ0v) is 16.7. The smallest absolute Gasteiger partial charge is 0.264 e. The zero-order valence-electron chi connectivity index (χ0n) is 15.9. The number of ether oxygens (including phenoxy) is 2. The van der Waals surface area contributed by atoms with Gasteiger partial charge in [0, 0.05) is 13.2 Å². The van der Waals surface area contributed by atoms with Crippen LogP contribution in [-0.2, 0) is 19.6 Å². The van der Waals surface area contributed by atoms with E-state index in [1.807, 2.05) is 0 Å². The van der Waals surface area contributed by atoms with Crippen molar-refractivity contribution in [3.8, 4) is 5.75 Å². The van der Waals surface area contributed by atoms with Gasteiger partial charge in [0.05, 0.1) is 24.3 Å². The SMILES string of the molecule is COC[C@H](C)NC(=O)CN(c1ccc(F)cc1)S(=O)(=O)c1ccc(OC)cc1. The summed E-state index contributed by atoms with van der Waals surface area (Å²) >= 11 is 0. The Hall–Kier alpha value is -2.65. The standard InChI is InChI=1S/C19H23FN2O5S/c1-14(13-26-2)21-19(23)12-22(16-6-4-15(20)5-7-16)28(24,25)18-10-8-17(27-3)9-11-18/h4-11,14H,12-13H2,1-3H3,(H,21,23)/t14-/m0/s1. The van der Waals surface area contributed by atoms with Crippen molar-refractivity contribution in [1.82, 2.24) is 5.32 Å². The van der Waals surface area contributed by atoms with Crippen LogP contribution in [0.2, 0.25) is 0 Å². The second-order valence-electron chi connectivity index (χ2n) is 6.09. The number of anilines is 1. The predicted octanol–water partition coefficient (Wildman–Crippen LogP) is 2.18. The Kier molecular flexibility index (Phi) is 7.36. The van der Waals surface area contributed by atoms with Crippen LogP contribution in [0.5, 0.6) is 5.75 Å². The first-order chi connectivity index (χ1) is 13.3. The summed E-state index contributed by atoms with van der Waals surface area (Å²) in [7, 11) is -1.10. The van der Waals surface area contributed by atoms with E-state index in [1.165, 1.54) is 50.6 Å². The molecule has 2 aromatic carbocycles. The average molecular weight is 410 g/mol. The second-order valence-corrected chi connectivity index (χ2v) is 7.95. The quantitative estimate of drug-likeness (QED) is 0.685. The molecule has 7 nitrogen and oxygen atoms in total. The van der Waals surface area contributed by atoms with Crippen molar-refractivity contribution in [2.24, 2.45) is 0 Å². The lowest BCUT2D eigenvalue weighted by Gasteiger charge is -2.25. The van der Waals surface area contributed by atoms with Crippen LogP contribution < -0.4 is 14.4 Å². The Morgan fingerprint density at radius 1 is 1.11 bits per heavy atom. The van der Waals surface area contributed by atoms with Gasteiger partial charge in [-0.3, -0.25) is 9.10 Å². The first kappa shape index (κ1) is 21.6. The van der Waals surface area contributed by atoms with E-state index in [1.54, 1.807) is 6.92 Å². The van der Waals surface area contributed by atoms with Gasteiger partial charge in [0.15, 0.2) is 0 Å². The lowest BCUT2D eigenvalue weighted by atomic mass is 10.3. The lowest BCUT2D eigenvalue weighted by molar-refractivity contribution is -0.120. The molecule has 0 bridgehead atoms. The van der Waals surface area contributed by atoms with Crippen molar-refractivity contribution in [2.45, 2.75) is 17.9 Å². The van der Waals surface area contributed by atoms with Crippen LogP contribution in [0.1, 0.15) is 6.92 Å².